The standard InChI is InChI=1S/C15H15F2N/c1-3-18-13-9-4-6-10(2)14(13)11-7-5-8-12(16)15(11)17/h4-9,18H,3H2,1-2H3. The molecular weight excluding hydrogens is 232 g/mol. The number of benzene rings is 2. The van der Waals surface area contributed by atoms with Crippen LogP contribution < -0.4 is 5.32 Å². The van der Waals surface area contributed by atoms with E-state index in [1.54, 1.807) is 6.07 Å². The Balaban J connectivity index is 2.66. The van der Waals surface area contributed by atoms with Gasteiger partial charge in [-0.1, -0.05) is 24.3 Å². The maximum Gasteiger partial charge on any atom is 0.166 e. The molecule has 0 heterocycles. The van der Waals surface area contributed by atoms with E-state index in [9.17, 15) is 8.78 Å². The van der Waals surface area contributed by atoms with Crippen molar-refractivity contribution in [2.24, 2.45) is 0 Å². The first kappa shape index (κ1) is 12.6. The summed E-state index contributed by atoms with van der Waals surface area (Å²) in [6, 6.07) is 9.91. The molecule has 0 amide bonds. The quantitative estimate of drug-likeness (QED) is 0.849. The number of halogens is 2. The van der Waals surface area contributed by atoms with Gasteiger partial charge in [0.25, 0.3) is 0 Å². The Morgan fingerprint density at radius 3 is 2.50 bits per heavy atom. The largest absolute Gasteiger partial charge is 0.385 e. The summed E-state index contributed by atoms with van der Waals surface area (Å²) in [5.41, 5.74) is 2.75. The highest BCUT2D eigenvalue weighted by molar-refractivity contribution is 5.81. The van der Waals surface area contributed by atoms with Crippen LogP contribution >= 0.6 is 0 Å². The summed E-state index contributed by atoms with van der Waals surface area (Å²) in [6.07, 6.45) is 0. The molecule has 1 nitrogen and oxygen atoms in total. The van der Waals surface area contributed by atoms with Crippen LogP contribution in [0.4, 0.5) is 14.5 Å². The molecule has 0 spiro atoms. The number of rotatable bonds is 3. The molecule has 0 aromatic heterocycles. The predicted octanol–water partition coefficient (Wildman–Crippen LogP) is 4.37. The summed E-state index contributed by atoms with van der Waals surface area (Å²) < 4.78 is 27.2. The molecule has 0 atom stereocenters. The Labute approximate surface area is 105 Å². The zero-order valence-corrected chi connectivity index (χ0v) is 10.4. The van der Waals surface area contributed by atoms with Crippen molar-refractivity contribution in [3.63, 3.8) is 0 Å². The molecule has 0 saturated heterocycles. The third-order valence-electron chi connectivity index (χ3n) is 2.86. The molecule has 2 aromatic rings. The number of aryl methyl sites for hydroxylation is 1. The van der Waals surface area contributed by atoms with Crippen LogP contribution in [0, 0.1) is 18.6 Å². The molecule has 3 heteroatoms. The first-order valence-electron chi connectivity index (χ1n) is 5.93. The highest BCUT2D eigenvalue weighted by Gasteiger charge is 2.14. The van der Waals surface area contributed by atoms with Crippen LogP contribution in [0.2, 0.25) is 0 Å². The van der Waals surface area contributed by atoms with Crippen molar-refractivity contribution < 1.29 is 8.78 Å². The second-order valence-corrected chi connectivity index (χ2v) is 4.13. The van der Waals surface area contributed by atoms with Gasteiger partial charge in [-0.2, -0.15) is 0 Å². The van der Waals surface area contributed by atoms with Crippen molar-refractivity contribution >= 4 is 5.69 Å². The Morgan fingerprint density at radius 1 is 1.06 bits per heavy atom. The minimum atomic E-state index is -0.821. The Bertz CT molecular complexity index is 564. The second kappa shape index (κ2) is 5.17. The van der Waals surface area contributed by atoms with E-state index in [1.807, 2.05) is 32.0 Å². The summed E-state index contributed by atoms with van der Waals surface area (Å²) in [5.74, 6) is -1.62. The van der Waals surface area contributed by atoms with Crippen LogP contribution in [-0.4, -0.2) is 6.54 Å². The monoisotopic (exact) mass is 247 g/mol. The van der Waals surface area contributed by atoms with Crippen LogP contribution in [0.1, 0.15) is 12.5 Å². The highest BCUT2D eigenvalue weighted by atomic mass is 19.2. The molecule has 2 rings (SSSR count). The van der Waals surface area contributed by atoms with E-state index in [4.69, 9.17) is 0 Å². The molecule has 0 aliphatic carbocycles. The SMILES string of the molecule is CCNc1cccc(C)c1-c1cccc(F)c1F. The third kappa shape index (κ3) is 2.21. The lowest BCUT2D eigenvalue weighted by Crippen LogP contribution is -2.01. The molecule has 94 valence electrons. The third-order valence-corrected chi connectivity index (χ3v) is 2.86. The van der Waals surface area contributed by atoms with E-state index in [0.29, 0.717) is 5.56 Å². The lowest BCUT2D eigenvalue weighted by molar-refractivity contribution is 0.511. The van der Waals surface area contributed by atoms with Gasteiger partial charge in [0.15, 0.2) is 11.6 Å². The minimum Gasteiger partial charge on any atom is -0.385 e. The maximum absolute atomic E-state index is 13.9. The van der Waals surface area contributed by atoms with Gasteiger partial charge in [-0.25, -0.2) is 8.78 Å². The number of anilines is 1. The normalized spacial score (nSPS) is 10.4. The van der Waals surface area contributed by atoms with Crippen molar-refractivity contribution in [2.75, 3.05) is 11.9 Å². The summed E-state index contributed by atoms with van der Waals surface area (Å²) in [7, 11) is 0. The molecule has 0 radical (unpaired) electrons. The van der Waals surface area contributed by atoms with Crippen LogP contribution in [-0.2, 0) is 0 Å². The van der Waals surface area contributed by atoms with Gasteiger partial charge in [0.1, 0.15) is 0 Å². The predicted molar refractivity (Wildman–Crippen MR) is 70.7 cm³/mol. The summed E-state index contributed by atoms with van der Waals surface area (Å²) >= 11 is 0. The van der Waals surface area contributed by atoms with Gasteiger partial charge in [-0.15, -0.1) is 0 Å². The summed E-state index contributed by atoms with van der Waals surface area (Å²) in [4.78, 5) is 0. The Morgan fingerprint density at radius 2 is 1.78 bits per heavy atom. The van der Waals surface area contributed by atoms with Gasteiger partial charge in [-0.3, -0.25) is 0 Å². The topological polar surface area (TPSA) is 12.0 Å². The molecule has 0 unspecified atom stereocenters. The first-order valence-corrected chi connectivity index (χ1v) is 5.93. The van der Waals surface area contributed by atoms with Crippen LogP contribution in [0.15, 0.2) is 36.4 Å². The van der Waals surface area contributed by atoms with E-state index in [-0.39, 0.29) is 0 Å². The van der Waals surface area contributed by atoms with Crippen molar-refractivity contribution in [2.45, 2.75) is 13.8 Å². The fourth-order valence-corrected chi connectivity index (χ4v) is 2.06. The minimum absolute atomic E-state index is 0.295. The van der Waals surface area contributed by atoms with Crippen molar-refractivity contribution in [3.05, 3.63) is 53.6 Å². The van der Waals surface area contributed by atoms with E-state index in [1.165, 1.54) is 6.07 Å². The number of nitrogens with one attached hydrogen (secondary N) is 1. The van der Waals surface area contributed by atoms with Gasteiger partial charge in [0, 0.05) is 23.4 Å². The van der Waals surface area contributed by atoms with Gasteiger partial charge in [0.05, 0.1) is 0 Å². The lowest BCUT2D eigenvalue weighted by atomic mass is 9.98. The van der Waals surface area contributed by atoms with Crippen molar-refractivity contribution in [1.29, 1.82) is 0 Å². The van der Waals surface area contributed by atoms with Crippen LogP contribution in [0.3, 0.4) is 0 Å². The Hall–Kier alpha value is -1.90. The molecule has 0 bridgehead atoms. The fourth-order valence-electron chi connectivity index (χ4n) is 2.06. The first-order chi connectivity index (χ1) is 8.65. The van der Waals surface area contributed by atoms with Gasteiger partial charge >= 0.3 is 0 Å². The van der Waals surface area contributed by atoms with Crippen LogP contribution in [0.5, 0.6) is 0 Å². The Kier molecular flexibility index (Phi) is 3.60. The summed E-state index contributed by atoms with van der Waals surface area (Å²) in [6.45, 7) is 4.59. The molecule has 0 aliphatic heterocycles. The number of hydrogen-bond donors (Lipinski definition) is 1. The van der Waals surface area contributed by atoms with E-state index in [0.717, 1.165) is 29.4 Å². The van der Waals surface area contributed by atoms with E-state index >= 15 is 0 Å². The van der Waals surface area contributed by atoms with Crippen molar-refractivity contribution in [3.8, 4) is 11.1 Å². The van der Waals surface area contributed by atoms with E-state index in [2.05, 4.69) is 5.32 Å². The van der Waals surface area contributed by atoms with Gasteiger partial charge < -0.3 is 5.32 Å². The molecular formula is C15H15F2N. The molecule has 2 aromatic carbocycles. The summed E-state index contributed by atoms with van der Waals surface area (Å²) in [5, 5.41) is 3.17. The lowest BCUT2D eigenvalue weighted by Gasteiger charge is -2.14. The highest BCUT2D eigenvalue weighted by Crippen LogP contribution is 2.33. The van der Waals surface area contributed by atoms with Crippen LogP contribution in [0.25, 0.3) is 11.1 Å². The molecule has 0 saturated carbocycles. The van der Waals surface area contributed by atoms with Gasteiger partial charge in [-0.05, 0) is 31.5 Å². The fraction of sp³-hybridized carbons (Fsp3) is 0.200. The van der Waals surface area contributed by atoms with Gasteiger partial charge in [0.2, 0.25) is 0 Å². The molecule has 0 aliphatic rings. The zero-order chi connectivity index (χ0) is 13.1. The van der Waals surface area contributed by atoms with Crippen molar-refractivity contribution in [1.82, 2.24) is 0 Å². The molecule has 18 heavy (non-hydrogen) atoms. The number of hydrogen-bond acceptors (Lipinski definition) is 1. The molecule has 1 N–H and O–H groups in total. The maximum atomic E-state index is 13.9. The average Bonchev–Trinajstić information content (AvgIpc) is 2.34. The zero-order valence-electron chi connectivity index (χ0n) is 10.4. The smallest absolute Gasteiger partial charge is 0.166 e. The second-order valence-electron chi connectivity index (χ2n) is 4.13. The van der Waals surface area contributed by atoms with E-state index < -0.39 is 11.6 Å². The average molecular weight is 247 g/mol. The molecule has 0 fully saturated rings.